The second-order valence-corrected chi connectivity index (χ2v) is 6.60. The number of Topliss-reactive ketones (excluding diaryl/α,β-unsaturated/α-hetero) is 1. The van der Waals surface area contributed by atoms with Gasteiger partial charge in [0.2, 0.25) is 0 Å². The average Bonchev–Trinajstić information content (AvgIpc) is 2.69. The van der Waals surface area contributed by atoms with Gasteiger partial charge in [-0.25, -0.2) is 4.79 Å². The van der Waals surface area contributed by atoms with Crippen molar-refractivity contribution in [2.75, 3.05) is 59.0 Å². The molecule has 0 saturated carbocycles. The number of hydrogen-bond acceptors (Lipinski definition) is 4. The molecule has 2 amide bonds. The molecule has 0 radical (unpaired) electrons. The maximum Gasteiger partial charge on any atom is 0.320 e. The van der Waals surface area contributed by atoms with Crippen LogP contribution in [0.25, 0.3) is 0 Å². The molecule has 136 valence electrons. The molecule has 6 heteroatoms. The van der Waals surface area contributed by atoms with E-state index in [4.69, 9.17) is 4.74 Å². The summed E-state index contributed by atoms with van der Waals surface area (Å²) in [6.45, 7) is 6.89. The van der Waals surface area contributed by atoms with Gasteiger partial charge in [-0.3, -0.25) is 9.69 Å². The minimum absolute atomic E-state index is 0.141. The number of piperazine rings is 1. The highest BCUT2D eigenvalue weighted by Gasteiger charge is 2.26. The van der Waals surface area contributed by atoms with Crippen LogP contribution in [0.2, 0.25) is 0 Å². The molecule has 6 nitrogen and oxygen atoms in total. The van der Waals surface area contributed by atoms with E-state index in [9.17, 15) is 9.59 Å². The lowest BCUT2D eigenvalue weighted by molar-refractivity contribution is 0.0376. The summed E-state index contributed by atoms with van der Waals surface area (Å²) >= 11 is 0. The maximum absolute atomic E-state index is 12.5. The molecular formula is C19H27N3O3. The Kier molecular flexibility index (Phi) is 6.42. The van der Waals surface area contributed by atoms with Gasteiger partial charge in [0.05, 0.1) is 13.2 Å². The molecule has 2 heterocycles. The van der Waals surface area contributed by atoms with Crippen LogP contribution in [0.4, 0.5) is 4.79 Å². The minimum Gasteiger partial charge on any atom is -0.378 e. The van der Waals surface area contributed by atoms with E-state index in [0.717, 1.165) is 44.7 Å². The summed E-state index contributed by atoms with van der Waals surface area (Å²) < 4.78 is 5.30. The van der Waals surface area contributed by atoms with E-state index in [-0.39, 0.29) is 11.8 Å². The van der Waals surface area contributed by atoms with Gasteiger partial charge < -0.3 is 14.5 Å². The Labute approximate surface area is 149 Å². The van der Waals surface area contributed by atoms with Crippen molar-refractivity contribution in [3.8, 4) is 0 Å². The zero-order chi connectivity index (χ0) is 17.5. The number of carbonyl (C=O) groups excluding carboxylic acids is 2. The third-order valence-corrected chi connectivity index (χ3v) is 4.90. The summed E-state index contributed by atoms with van der Waals surface area (Å²) in [5.41, 5.74) is 0.795. The quantitative estimate of drug-likeness (QED) is 0.763. The lowest BCUT2D eigenvalue weighted by atomic mass is 10.1. The molecule has 2 saturated heterocycles. The molecule has 2 fully saturated rings. The number of amides is 2. The van der Waals surface area contributed by atoms with Crippen LogP contribution in [0.5, 0.6) is 0 Å². The number of ether oxygens (including phenoxy) is 1. The van der Waals surface area contributed by atoms with Crippen LogP contribution >= 0.6 is 0 Å². The molecule has 0 N–H and O–H groups in total. The minimum atomic E-state index is 0.141. The molecule has 1 aromatic rings. The number of morpholine rings is 1. The second kappa shape index (κ2) is 8.97. The number of nitrogens with zero attached hydrogens (tertiary/aromatic N) is 3. The van der Waals surface area contributed by atoms with Crippen LogP contribution in [0.3, 0.4) is 0 Å². The standard InChI is InChI=1S/C19H27N3O3/c23-18(17-5-2-1-3-6-17)7-4-8-20-9-11-21(12-10-20)19(24)22-13-15-25-16-14-22/h1-3,5-6H,4,7-16H2. The highest BCUT2D eigenvalue weighted by molar-refractivity contribution is 5.95. The van der Waals surface area contributed by atoms with Gasteiger partial charge in [-0.2, -0.15) is 0 Å². The summed E-state index contributed by atoms with van der Waals surface area (Å²) in [5, 5.41) is 0. The first-order chi connectivity index (χ1) is 12.2. The van der Waals surface area contributed by atoms with Crippen LogP contribution in [0.1, 0.15) is 23.2 Å². The zero-order valence-corrected chi connectivity index (χ0v) is 14.7. The Hall–Kier alpha value is -1.92. The monoisotopic (exact) mass is 345 g/mol. The van der Waals surface area contributed by atoms with Crippen LogP contribution in [-0.4, -0.2) is 85.5 Å². The zero-order valence-electron chi connectivity index (χ0n) is 14.7. The van der Waals surface area contributed by atoms with Crippen LogP contribution in [-0.2, 0) is 4.74 Å². The Balaban J connectivity index is 1.35. The Bertz CT molecular complexity index is 565. The number of rotatable bonds is 5. The molecule has 0 spiro atoms. The fourth-order valence-electron chi connectivity index (χ4n) is 3.35. The van der Waals surface area contributed by atoms with Crippen LogP contribution in [0, 0.1) is 0 Å². The number of carbonyl (C=O) groups is 2. The first-order valence-electron chi connectivity index (χ1n) is 9.16. The Morgan fingerprint density at radius 2 is 1.52 bits per heavy atom. The smallest absolute Gasteiger partial charge is 0.320 e. The van der Waals surface area contributed by atoms with Gasteiger partial charge in [0.25, 0.3) is 0 Å². The second-order valence-electron chi connectivity index (χ2n) is 6.60. The van der Waals surface area contributed by atoms with E-state index in [2.05, 4.69) is 4.90 Å². The van der Waals surface area contributed by atoms with Crippen molar-refractivity contribution < 1.29 is 14.3 Å². The van der Waals surface area contributed by atoms with Crippen molar-refractivity contribution in [1.29, 1.82) is 0 Å². The number of urea groups is 1. The van der Waals surface area contributed by atoms with E-state index in [1.54, 1.807) is 0 Å². The van der Waals surface area contributed by atoms with E-state index in [1.165, 1.54) is 0 Å². The summed E-state index contributed by atoms with van der Waals surface area (Å²) in [7, 11) is 0. The molecule has 3 rings (SSSR count). The van der Waals surface area contributed by atoms with Gasteiger partial charge in [-0.05, 0) is 13.0 Å². The molecule has 1 aromatic carbocycles. The van der Waals surface area contributed by atoms with Crippen molar-refractivity contribution >= 4 is 11.8 Å². The first-order valence-corrected chi connectivity index (χ1v) is 9.16. The number of hydrogen-bond donors (Lipinski definition) is 0. The van der Waals surface area contributed by atoms with Gasteiger partial charge in [-0.1, -0.05) is 30.3 Å². The van der Waals surface area contributed by atoms with Crippen molar-refractivity contribution in [2.24, 2.45) is 0 Å². The summed E-state index contributed by atoms with van der Waals surface area (Å²) in [5.74, 6) is 0.210. The van der Waals surface area contributed by atoms with Gasteiger partial charge in [0.15, 0.2) is 5.78 Å². The molecule has 2 aliphatic rings. The average molecular weight is 345 g/mol. The van der Waals surface area contributed by atoms with Gasteiger partial charge in [0, 0.05) is 51.3 Å². The third-order valence-electron chi connectivity index (χ3n) is 4.90. The van der Waals surface area contributed by atoms with Crippen LogP contribution in [0.15, 0.2) is 30.3 Å². The molecule has 2 aliphatic heterocycles. The molecule has 0 bridgehead atoms. The van der Waals surface area contributed by atoms with Crippen molar-refractivity contribution in [1.82, 2.24) is 14.7 Å². The first kappa shape index (κ1) is 17.9. The van der Waals surface area contributed by atoms with E-state index >= 15 is 0 Å². The Morgan fingerprint density at radius 1 is 0.880 bits per heavy atom. The number of benzene rings is 1. The van der Waals surface area contributed by atoms with Gasteiger partial charge >= 0.3 is 6.03 Å². The van der Waals surface area contributed by atoms with E-state index < -0.39 is 0 Å². The van der Waals surface area contributed by atoms with Crippen LogP contribution < -0.4 is 0 Å². The summed E-state index contributed by atoms with van der Waals surface area (Å²) in [6, 6.07) is 9.61. The third kappa shape index (κ3) is 5.03. The highest BCUT2D eigenvalue weighted by Crippen LogP contribution is 2.10. The molecule has 0 aromatic heterocycles. The highest BCUT2D eigenvalue weighted by atomic mass is 16.5. The van der Waals surface area contributed by atoms with Gasteiger partial charge in [-0.15, -0.1) is 0 Å². The summed E-state index contributed by atoms with van der Waals surface area (Å²) in [6.07, 6.45) is 1.45. The van der Waals surface area contributed by atoms with Crippen molar-refractivity contribution in [3.63, 3.8) is 0 Å². The normalized spacial score (nSPS) is 19.0. The molecular weight excluding hydrogens is 318 g/mol. The molecule has 0 atom stereocenters. The lowest BCUT2D eigenvalue weighted by Gasteiger charge is -2.38. The largest absolute Gasteiger partial charge is 0.378 e. The lowest BCUT2D eigenvalue weighted by Crippen LogP contribution is -2.54. The number of ketones is 1. The molecule has 0 aliphatic carbocycles. The Morgan fingerprint density at radius 3 is 2.20 bits per heavy atom. The topological polar surface area (TPSA) is 53.1 Å². The fraction of sp³-hybridized carbons (Fsp3) is 0.579. The predicted molar refractivity (Wildman–Crippen MR) is 95.8 cm³/mol. The SMILES string of the molecule is O=C(CCCN1CCN(C(=O)N2CCOCC2)CC1)c1ccccc1. The predicted octanol–water partition coefficient (Wildman–Crippen LogP) is 1.72. The fourth-order valence-corrected chi connectivity index (χ4v) is 3.35. The maximum atomic E-state index is 12.5. The molecule has 25 heavy (non-hydrogen) atoms. The van der Waals surface area contributed by atoms with Crippen molar-refractivity contribution in [3.05, 3.63) is 35.9 Å². The van der Waals surface area contributed by atoms with E-state index in [0.29, 0.717) is 32.7 Å². The molecule has 0 unspecified atom stereocenters. The summed E-state index contributed by atoms with van der Waals surface area (Å²) in [4.78, 5) is 30.7. The van der Waals surface area contributed by atoms with E-state index in [1.807, 2.05) is 40.1 Å². The van der Waals surface area contributed by atoms with Crippen molar-refractivity contribution in [2.45, 2.75) is 12.8 Å². The van der Waals surface area contributed by atoms with Gasteiger partial charge in [0.1, 0.15) is 0 Å².